The van der Waals surface area contributed by atoms with Crippen LogP contribution in [0.5, 0.6) is 0 Å². The maximum absolute atomic E-state index is 11.6. The zero-order valence-electron chi connectivity index (χ0n) is 12.6. The van der Waals surface area contributed by atoms with Crippen LogP contribution in [0.4, 0.5) is 5.82 Å². The maximum atomic E-state index is 11.6. The van der Waals surface area contributed by atoms with Crippen molar-refractivity contribution in [3.63, 3.8) is 0 Å². The molecule has 1 aliphatic carbocycles. The lowest BCUT2D eigenvalue weighted by atomic mass is 9.83. The van der Waals surface area contributed by atoms with Crippen molar-refractivity contribution in [2.24, 2.45) is 5.92 Å². The number of pyridine rings is 1. The first-order valence-corrected chi connectivity index (χ1v) is 7.48. The van der Waals surface area contributed by atoms with Gasteiger partial charge in [0.15, 0.2) is 0 Å². The second-order valence-electron chi connectivity index (χ2n) is 5.52. The van der Waals surface area contributed by atoms with Crippen LogP contribution >= 0.6 is 0 Å². The van der Waals surface area contributed by atoms with Gasteiger partial charge < -0.3 is 10.1 Å². The van der Waals surface area contributed by atoms with Crippen LogP contribution < -0.4 is 5.32 Å². The van der Waals surface area contributed by atoms with Gasteiger partial charge in [0.25, 0.3) is 0 Å². The van der Waals surface area contributed by atoms with Crippen molar-refractivity contribution < 1.29 is 9.53 Å². The molecule has 1 aliphatic rings. The molecule has 0 bridgehead atoms. The van der Waals surface area contributed by atoms with Gasteiger partial charge in [-0.25, -0.2) is 9.78 Å². The molecule has 2 rings (SSSR count). The number of nitrogens with one attached hydrogen (secondary N) is 1. The second kappa shape index (κ2) is 6.73. The van der Waals surface area contributed by atoms with Gasteiger partial charge in [0, 0.05) is 6.04 Å². The van der Waals surface area contributed by atoms with E-state index in [-0.39, 0.29) is 5.97 Å². The van der Waals surface area contributed by atoms with Crippen LogP contribution in [0.25, 0.3) is 0 Å². The molecule has 20 heavy (non-hydrogen) atoms. The summed E-state index contributed by atoms with van der Waals surface area (Å²) in [5.41, 5.74) is 1.25. The summed E-state index contributed by atoms with van der Waals surface area (Å²) in [6, 6.07) is 4.17. The number of aryl methyl sites for hydroxylation is 1. The molecule has 0 amide bonds. The van der Waals surface area contributed by atoms with E-state index in [0.29, 0.717) is 17.3 Å². The minimum atomic E-state index is -0.328. The Labute approximate surface area is 120 Å². The molecule has 1 N–H and O–H groups in total. The van der Waals surface area contributed by atoms with Gasteiger partial charge in [-0.3, -0.25) is 0 Å². The molecule has 0 spiro atoms. The van der Waals surface area contributed by atoms with Gasteiger partial charge in [-0.05, 0) is 37.8 Å². The van der Waals surface area contributed by atoms with Crippen molar-refractivity contribution in [3.8, 4) is 0 Å². The van der Waals surface area contributed by atoms with Gasteiger partial charge in [-0.15, -0.1) is 0 Å². The number of carbonyl (C=O) groups is 1. The molecule has 110 valence electrons. The standard InChI is InChI=1S/C16H24N2O2/c1-4-12-7-5-6-8-14(12)18-15-10-9-13(11(2)17-15)16(19)20-3/h9-10,12,14H,4-8H2,1-3H3,(H,17,18). The first-order chi connectivity index (χ1) is 9.65. The lowest BCUT2D eigenvalue weighted by Crippen LogP contribution is -2.32. The van der Waals surface area contributed by atoms with E-state index in [2.05, 4.69) is 17.2 Å². The number of hydrogen-bond acceptors (Lipinski definition) is 4. The molecule has 4 nitrogen and oxygen atoms in total. The molecule has 1 aromatic heterocycles. The van der Waals surface area contributed by atoms with E-state index in [1.807, 2.05) is 13.0 Å². The molecular formula is C16H24N2O2. The second-order valence-corrected chi connectivity index (χ2v) is 5.52. The summed E-state index contributed by atoms with van der Waals surface area (Å²) in [5.74, 6) is 1.26. The smallest absolute Gasteiger partial charge is 0.339 e. The van der Waals surface area contributed by atoms with Crippen LogP contribution in [0.2, 0.25) is 0 Å². The molecular weight excluding hydrogens is 252 g/mol. The molecule has 1 fully saturated rings. The average Bonchev–Trinajstić information content (AvgIpc) is 2.47. The highest BCUT2D eigenvalue weighted by atomic mass is 16.5. The number of ether oxygens (including phenoxy) is 1. The zero-order chi connectivity index (χ0) is 14.5. The van der Waals surface area contributed by atoms with E-state index in [1.165, 1.54) is 39.2 Å². The lowest BCUT2D eigenvalue weighted by molar-refractivity contribution is 0.0599. The Balaban J connectivity index is 2.09. The Bertz CT molecular complexity index is 474. The van der Waals surface area contributed by atoms with Crippen LogP contribution in [-0.2, 0) is 4.74 Å². The Hall–Kier alpha value is -1.58. The highest BCUT2D eigenvalue weighted by molar-refractivity contribution is 5.90. The summed E-state index contributed by atoms with van der Waals surface area (Å²) < 4.78 is 4.74. The SMILES string of the molecule is CCC1CCCCC1Nc1ccc(C(=O)OC)c(C)n1. The van der Waals surface area contributed by atoms with Gasteiger partial charge in [0.05, 0.1) is 18.4 Å². The Kier molecular flexibility index (Phi) is 4.99. The predicted octanol–water partition coefficient (Wildman–Crippen LogP) is 3.56. The lowest BCUT2D eigenvalue weighted by Gasteiger charge is -2.32. The summed E-state index contributed by atoms with van der Waals surface area (Å²) in [6.45, 7) is 4.10. The number of methoxy groups -OCH3 is 1. The predicted molar refractivity (Wildman–Crippen MR) is 80.0 cm³/mol. The maximum Gasteiger partial charge on any atom is 0.339 e. The summed E-state index contributed by atoms with van der Waals surface area (Å²) in [7, 11) is 1.39. The molecule has 4 heteroatoms. The average molecular weight is 276 g/mol. The van der Waals surface area contributed by atoms with Gasteiger partial charge in [-0.1, -0.05) is 26.2 Å². The van der Waals surface area contributed by atoms with Crippen LogP contribution in [0.15, 0.2) is 12.1 Å². The fourth-order valence-electron chi connectivity index (χ4n) is 3.04. The summed E-state index contributed by atoms with van der Waals surface area (Å²) in [6.07, 6.45) is 6.33. The third-order valence-electron chi connectivity index (χ3n) is 4.26. The van der Waals surface area contributed by atoms with Gasteiger partial charge in [-0.2, -0.15) is 0 Å². The number of rotatable bonds is 4. The molecule has 1 heterocycles. The minimum Gasteiger partial charge on any atom is -0.465 e. The molecule has 0 aromatic carbocycles. The van der Waals surface area contributed by atoms with Crippen molar-refractivity contribution in [2.75, 3.05) is 12.4 Å². The highest BCUT2D eigenvalue weighted by Crippen LogP contribution is 2.29. The van der Waals surface area contributed by atoms with E-state index < -0.39 is 0 Å². The van der Waals surface area contributed by atoms with Crippen molar-refractivity contribution in [2.45, 2.75) is 52.0 Å². The first-order valence-electron chi connectivity index (χ1n) is 7.48. The summed E-state index contributed by atoms with van der Waals surface area (Å²) >= 11 is 0. The highest BCUT2D eigenvalue weighted by Gasteiger charge is 2.24. The van der Waals surface area contributed by atoms with E-state index in [4.69, 9.17) is 4.74 Å². The van der Waals surface area contributed by atoms with Crippen molar-refractivity contribution in [3.05, 3.63) is 23.4 Å². The van der Waals surface area contributed by atoms with E-state index >= 15 is 0 Å². The van der Waals surface area contributed by atoms with Gasteiger partial charge in [0.1, 0.15) is 5.82 Å². The van der Waals surface area contributed by atoms with Crippen molar-refractivity contribution >= 4 is 11.8 Å². The van der Waals surface area contributed by atoms with E-state index in [1.54, 1.807) is 6.07 Å². The van der Waals surface area contributed by atoms with Crippen molar-refractivity contribution in [1.29, 1.82) is 0 Å². The number of anilines is 1. The largest absolute Gasteiger partial charge is 0.465 e. The number of carbonyl (C=O) groups excluding carboxylic acids is 1. The quantitative estimate of drug-likeness (QED) is 0.854. The third kappa shape index (κ3) is 3.30. The van der Waals surface area contributed by atoms with Crippen molar-refractivity contribution in [1.82, 2.24) is 4.98 Å². The van der Waals surface area contributed by atoms with Crippen LogP contribution in [0.3, 0.4) is 0 Å². The number of aromatic nitrogens is 1. The van der Waals surface area contributed by atoms with Crippen LogP contribution in [-0.4, -0.2) is 24.1 Å². The van der Waals surface area contributed by atoms with E-state index in [0.717, 1.165) is 11.7 Å². The van der Waals surface area contributed by atoms with Gasteiger partial charge in [0.2, 0.25) is 0 Å². The van der Waals surface area contributed by atoms with E-state index in [9.17, 15) is 4.79 Å². The Morgan fingerprint density at radius 1 is 1.40 bits per heavy atom. The molecule has 2 atom stereocenters. The molecule has 0 saturated heterocycles. The fraction of sp³-hybridized carbons (Fsp3) is 0.625. The van der Waals surface area contributed by atoms with Crippen LogP contribution in [0, 0.1) is 12.8 Å². The third-order valence-corrected chi connectivity index (χ3v) is 4.26. The molecule has 1 saturated carbocycles. The fourth-order valence-corrected chi connectivity index (χ4v) is 3.04. The zero-order valence-corrected chi connectivity index (χ0v) is 12.6. The topological polar surface area (TPSA) is 51.2 Å². The number of esters is 1. The monoisotopic (exact) mass is 276 g/mol. The number of nitrogens with zero attached hydrogens (tertiary/aromatic N) is 1. The van der Waals surface area contributed by atoms with Crippen LogP contribution in [0.1, 0.15) is 55.1 Å². The molecule has 0 radical (unpaired) electrons. The minimum absolute atomic E-state index is 0.328. The normalized spacial score (nSPS) is 22.4. The Morgan fingerprint density at radius 2 is 2.15 bits per heavy atom. The molecule has 0 aliphatic heterocycles. The van der Waals surface area contributed by atoms with Gasteiger partial charge >= 0.3 is 5.97 Å². The Morgan fingerprint density at radius 3 is 2.80 bits per heavy atom. The first kappa shape index (κ1) is 14.8. The summed E-state index contributed by atoms with van der Waals surface area (Å²) in [4.78, 5) is 16.0. The number of hydrogen-bond donors (Lipinski definition) is 1. The summed E-state index contributed by atoms with van der Waals surface area (Å²) in [5, 5.41) is 3.54. The molecule has 2 unspecified atom stereocenters. The molecule has 1 aromatic rings.